The molecule has 3 rings (SSSR count). The lowest BCUT2D eigenvalue weighted by Crippen LogP contribution is -2.44. The van der Waals surface area contributed by atoms with Gasteiger partial charge >= 0.3 is 5.69 Å². The van der Waals surface area contributed by atoms with Crippen LogP contribution in [-0.4, -0.2) is 52.2 Å². The fourth-order valence-corrected chi connectivity index (χ4v) is 3.96. The van der Waals surface area contributed by atoms with E-state index in [1.54, 1.807) is 0 Å². The van der Waals surface area contributed by atoms with E-state index in [1.807, 2.05) is 19.2 Å². The van der Waals surface area contributed by atoms with Gasteiger partial charge in [-0.15, -0.1) is 11.3 Å². The van der Waals surface area contributed by atoms with Crippen molar-refractivity contribution in [2.75, 3.05) is 43.9 Å². The van der Waals surface area contributed by atoms with Gasteiger partial charge in [0.1, 0.15) is 11.4 Å². The first-order valence-electron chi connectivity index (χ1n) is 8.78. The maximum Gasteiger partial charge on any atom is 0.332 e. The predicted molar refractivity (Wildman–Crippen MR) is 106 cm³/mol. The maximum absolute atomic E-state index is 12.7. The standard InChI is InChI=1S/C17H26N6O2S/c1-11(2)9-23-14(18)13(15(24)21(4)17(23)25)12-10-26-16(19-12)22-7-5-20(3)6-8-22/h10-11H,5-9,18H2,1-4H3. The Morgan fingerprint density at radius 3 is 2.46 bits per heavy atom. The van der Waals surface area contributed by atoms with Crippen molar-refractivity contribution in [3.8, 4) is 11.3 Å². The summed E-state index contributed by atoms with van der Waals surface area (Å²) in [4.78, 5) is 34.3. The molecule has 0 radical (unpaired) electrons. The molecule has 0 unspecified atom stereocenters. The second kappa shape index (κ2) is 7.24. The van der Waals surface area contributed by atoms with Gasteiger partial charge in [0.25, 0.3) is 5.56 Å². The van der Waals surface area contributed by atoms with Gasteiger partial charge < -0.3 is 15.5 Å². The molecule has 0 aliphatic carbocycles. The summed E-state index contributed by atoms with van der Waals surface area (Å²) in [5.41, 5.74) is 6.30. The molecule has 3 heterocycles. The molecule has 0 spiro atoms. The minimum atomic E-state index is -0.400. The number of piperazine rings is 1. The predicted octanol–water partition coefficient (Wildman–Crippen LogP) is 0.661. The zero-order valence-corrected chi connectivity index (χ0v) is 16.5. The van der Waals surface area contributed by atoms with Crippen LogP contribution in [0.3, 0.4) is 0 Å². The molecular weight excluding hydrogens is 352 g/mol. The average Bonchev–Trinajstić information content (AvgIpc) is 3.07. The van der Waals surface area contributed by atoms with E-state index in [0.29, 0.717) is 17.8 Å². The van der Waals surface area contributed by atoms with E-state index in [1.165, 1.54) is 23.0 Å². The lowest BCUT2D eigenvalue weighted by atomic mass is 10.2. The SMILES string of the molecule is CC(C)Cn1c(N)c(-c2csc(N3CCN(C)CC3)n2)c(=O)n(C)c1=O. The van der Waals surface area contributed by atoms with Crippen molar-refractivity contribution < 1.29 is 0 Å². The number of aromatic nitrogens is 3. The Morgan fingerprint density at radius 1 is 1.19 bits per heavy atom. The van der Waals surface area contributed by atoms with Gasteiger partial charge in [0, 0.05) is 45.2 Å². The molecule has 2 aromatic rings. The highest BCUT2D eigenvalue weighted by Gasteiger charge is 2.22. The van der Waals surface area contributed by atoms with Crippen LogP contribution >= 0.6 is 11.3 Å². The van der Waals surface area contributed by atoms with Crippen molar-refractivity contribution in [2.45, 2.75) is 20.4 Å². The molecule has 0 bridgehead atoms. The van der Waals surface area contributed by atoms with Gasteiger partial charge in [-0.3, -0.25) is 13.9 Å². The minimum absolute atomic E-state index is 0.196. The van der Waals surface area contributed by atoms with Crippen molar-refractivity contribution >= 4 is 22.3 Å². The van der Waals surface area contributed by atoms with Crippen LogP contribution < -0.4 is 21.9 Å². The van der Waals surface area contributed by atoms with Crippen molar-refractivity contribution in [3.63, 3.8) is 0 Å². The summed E-state index contributed by atoms with van der Waals surface area (Å²) in [6, 6.07) is 0. The van der Waals surface area contributed by atoms with Crippen molar-refractivity contribution in [1.82, 2.24) is 19.0 Å². The fraction of sp³-hybridized carbons (Fsp3) is 0.588. The molecule has 1 fully saturated rings. The van der Waals surface area contributed by atoms with E-state index in [-0.39, 0.29) is 17.4 Å². The van der Waals surface area contributed by atoms with Gasteiger partial charge in [-0.25, -0.2) is 9.78 Å². The number of rotatable bonds is 4. The van der Waals surface area contributed by atoms with Crippen molar-refractivity contribution in [3.05, 3.63) is 26.2 Å². The number of nitrogen functional groups attached to an aromatic ring is 1. The Labute approximate surface area is 156 Å². The summed E-state index contributed by atoms with van der Waals surface area (Å²) in [6.07, 6.45) is 0. The number of hydrogen-bond donors (Lipinski definition) is 1. The summed E-state index contributed by atoms with van der Waals surface area (Å²) < 4.78 is 2.58. The highest BCUT2D eigenvalue weighted by atomic mass is 32.1. The van der Waals surface area contributed by atoms with Gasteiger partial charge in [-0.05, 0) is 13.0 Å². The summed E-state index contributed by atoms with van der Waals surface area (Å²) in [5, 5.41) is 2.74. The third-order valence-corrected chi connectivity index (χ3v) is 5.55. The van der Waals surface area contributed by atoms with Gasteiger partial charge in [0.05, 0.1) is 5.69 Å². The summed E-state index contributed by atoms with van der Waals surface area (Å²) in [5.74, 6) is 0.429. The normalized spacial score (nSPS) is 15.8. The fourth-order valence-electron chi connectivity index (χ4n) is 3.09. The Kier molecular flexibility index (Phi) is 5.19. The molecule has 0 saturated carbocycles. The molecule has 1 aliphatic rings. The van der Waals surface area contributed by atoms with Gasteiger partial charge in [0.2, 0.25) is 0 Å². The van der Waals surface area contributed by atoms with Crippen molar-refractivity contribution in [1.29, 1.82) is 0 Å². The zero-order valence-electron chi connectivity index (χ0n) is 15.7. The van der Waals surface area contributed by atoms with Crippen LogP contribution in [0.25, 0.3) is 11.3 Å². The molecule has 142 valence electrons. The van der Waals surface area contributed by atoms with Gasteiger partial charge in [-0.1, -0.05) is 13.8 Å². The van der Waals surface area contributed by atoms with E-state index in [2.05, 4.69) is 21.8 Å². The van der Waals surface area contributed by atoms with Crippen LogP contribution in [0.4, 0.5) is 10.9 Å². The van der Waals surface area contributed by atoms with E-state index < -0.39 is 5.56 Å². The number of thiazole rings is 1. The third-order valence-electron chi connectivity index (χ3n) is 4.65. The Hall–Kier alpha value is -2.13. The first-order chi connectivity index (χ1) is 12.3. The quantitative estimate of drug-likeness (QED) is 0.841. The molecule has 0 aromatic carbocycles. The van der Waals surface area contributed by atoms with Crippen LogP contribution in [0.1, 0.15) is 13.8 Å². The molecule has 8 nitrogen and oxygen atoms in total. The molecule has 1 aliphatic heterocycles. The third kappa shape index (κ3) is 3.41. The van der Waals surface area contributed by atoms with Gasteiger partial charge in [-0.2, -0.15) is 0 Å². The molecular formula is C17H26N6O2S. The summed E-state index contributed by atoms with van der Waals surface area (Å²) in [6.45, 7) is 8.25. The summed E-state index contributed by atoms with van der Waals surface area (Å²) >= 11 is 1.50. The highest BCUT2D eigenvalue weighted by molar-refractivity contribution is 7.14. The molecule has 2 N–H and O–H groups in total. The number of likely N-dealkylation sites (N-methyl/N-ethyl adjacent to an activating group) is 1. The molecule has 26 heavy (non-hydrogen) atoms. The lowest BCUT2D eigenvalue weighted by Gasteiger charge is -2.32. The number of nitrogens with two attached hydrogens (primary N) is 1. The molecule has 0 atom stereocenters. The highest BCUT2D eigenvalue weighted by Crippen LogP contribution is 2.29. The minimum Gasteiger partial charge on any atom is -0.384 e. The lowest BCUT2D eigenvalue weighted by molar-refractivity contribution is 0.313. The monoisotopic (exact) mass is 378 g/mol. The zero-order chi connectivity index (χ0) is 19.0. The Bertz CT molecular complexity index is 905. The van der Waals surface area contributed by atoms with E-state index >= 15 is 0 Å². The van der Waals surface area contributed by atoms with Gasteiger partial charge in [0.15, 0.2) is 5.13 Å². The van der Waals surface area contributed by atoms with Crippen LogP contribution in [0.5, 0.6) is 0 Å². The van der Waals surface area contributed by atoms with E-state index in [0.717, 1.165) is 35.9 Å². The first-order valence-corrected chi connectivity index (χ1v) is 9.66. The number of nitrogens with zero attached hydrogens (tertiary/aromatic N) is 5. The van der Waals surface area contributed by atoms with Crippen LogP contribution in [0.2, 0.25) is 0 Å². The van der Waals surface area contributed by atoms with E-state index in [9.17, 15) is 9.59 Å². The largest absolute Gasteiger partial charge is 0.384 e. The van der Waals surface area contributed by atoms with Crippen molar-refractivity contribution in [2.24, 2.45) is 13.0 Å². The number of anilines is 2. The van der Waals surface area contributed by atoms with Crippen LogP contribution in [0, 0.1) is 5.92 Å². The first kappa shape index (κ1) is 18.7. The second-order valence-electron chi connectivity index (χ2n) is 7.22. The second-order valence-corrected chi connectivity index (χ2v) is 8.05. The molecule has 0 amide bonds. The number of hydrogen-bond acceptors (Lipinski definition) is 7. The maximum atomic E-state index is 12.7. The van der Waals surface area contributed by atoms with Crippen LogP contribution in [-0.2, 0) is 13.6 Å². The summed E-state index contributed by atoms with van der Waals surface area (Å²) in [7, 11) is 3.59. The molecule has 1 saturated heterocycles. The Balaban J connectivity index is 2.03. The topological polar surface area (TPSA) is 89.4 Å². The smallest absolute Gasteiger partial charge is 0.332 e. The molecule has 2 aromatic heterocycles. The average molecular weight is 379 g/mol. The Morgan fingerprint density at radius 2 is 1.85 bits per heavy atom. The van der Waals surface area contributed by atoms with Crippen LogP contribution in [0.15, 0.2) is 15.0 Å². The molecule has 9 heteroatoms. The van der Waals surface area contributed by atoms with E-state index in [4.69, 9.17) is 5.73 Å².